The molecule has 0 radical (unpaired) electrons. The van der Waals surface area contributed by atoms with Crippen molar-refractivity contribution in [3.8, 4) is 11.8 Å². The van der Waals surface area contributed by atoms with E-state index in [0.29, 0.717) is 5.92 Å². The van der Waals surface area contributed by atoms with Crippen LogP contribution in [0, 0.1) is 18.8 Å². The fourth-order valence-electron chi connectivity index (χ4n) is 1.73. The average molecular weight is 264 g/mol. The van der Waals surface area contributed by atoms with E-state index in [2.05, 4.69) is 81.1 Å². The second-order valence-electron chi connectivity index (χ2n) is 4.89. The van der Waals surface area contributed by atoms with Gasteiger partial charge in [-0.3, -0.25) is 0 Å². The van der Waals surface area contributed by atoms with E-state index in [-0.39, 0.29) is 0 Å². The molecule has 0 saturated heterocycles. The number of hydrogen-bond donors (Lipinski definition) is 0. The highest BCUT2D eigenvalue weighted by Gasteiger charge is 1.97. The molecular weight excluding hydrogens is 240 g/mol. The van der Waals surface area contributed by atoms with Crippen LogP contribution in [0.4, 0.5) is 0 Å². The predicted molar refractivity (Wildman–Crippen MR) is 89.0 cm³/mol. The third-order valence-electron chi connectivity index (χ3n) is 2.98. The van der Waals surface area contributed by atoms with E-state index in [1.807, 2.05) is 13.8 Å². The lowest BCUT2D eigenvalue weighted by molar-refractivity contribution is 0.866. The summed E-state index contributed by atoms with van der Waals surface area (Å²) in [7, 11) is 0. The second kappa shape index (κ2) is 8.23. The van der Waals surface area contributed by atoms with Crippen LogP contribution in [0.1, 0.15) is 55.9 Å². The monoisotopic (exact) mass is 264 g/mol. The minimum absolute atomic E-state index is 0.573. The van der Waals surface area contributed by atoms with Crippen LogP contribution in [0.5, 0.6) is 0 Å². The van der Waals surface area contributed by atoms with E-state index in [9.17, 15) is 0 Å². The van der Waals surface area contributed by atoms with Crippen molar-refractivity contribution in [1.29, 1.82) is 0 Å². The highest BCUT2D eigenvalue weighted by molar-refractivity contribution is 5.44. The second-order valence-corrected chi connectivity index (χ2v) is 4.89. The molecule has 0 fully saturated rings. The van der Waals surface area contributed by atoms with Crippen molar-refractivity contribution in [3.05, 3.63) is 70.8 Å². The lowest BCUT2D eigenvalue weighted by Gasteiger charge is -2.03. The smallest absolute Gasteiger partial charge is 0.0249 e. The minimum Gasteiger partial charge on any atom is -0.0683 e. The zero-order valence-corrected chi connectivity index (χ0v) is 13.2. The molecule has 0 aromatic heterocycles. The van der Waals surface area contributed by atoms with Crippen LogP contribution in [-0.2, 0) is 0 Å². The summed E-state index contributed by atoms with van der Waals surface area (Å²) in [4.78, 5) is 0. The van der Waals surface area contributed by atoms with Crippen molar-refractivity contribution in [2.45, 2.75) is 40.5 Å². The summed E-state index contributed by atoms with van der Waals surface area (Å²) in [6, 6.07) is 16.8. The first-order valence-electron chi connectivity index (χ1n) is 7.34. The molecule has 0 unspecified atom stereocenters. The number of benzene rings is 2. The molecular formula is C20H24. The van der Waals surface area contributed by atoms with Crippen LogP contribution in [0.25, 0.3) is 0 Å². The molecule has 2 aromatic rings. The van der Waals surface area contributed by atoms with E-state index in [4.69, 9.17) is 0 Å². The summed E-state index contributed by atoms with van der Waals surface area (Å²) in [6.07, 6.45) is 0. The number of rotatable bonds is 1. The molecule has 0 aliphatic carbocycles. The molecule has 0 amide bonds. The van der Waals surface area contributed by atoms with Crippen LogP contribution in [0.2, 0.25) is 0 Å². The molecule has 0 saturated carbocycles. The Labute approximate surface area is 123 Å². The molecule has 0 heterocycles. The highest BCUT2D eigenvalue weighted by Crippen LogP contribution is 2.14. The van der Waals surface area contributed by atoms with Gasteiger partial charge >= 0.3 is 0 Å². The maximum atomic E-state index is 3.20. The summed E-state index contributed by atoms with van der Waals surface area (Å²) < 4.78 is 0. The first-order chi connectivity index (χ1) is 9.65. The Morgan fingerprint density at radius 2 is 1.10 bits per heavy atom. The van der Waals surface area contributed by atoms with Crippen LogP contribution >= 0.6 is 0 Å². The van der Waals surface area contributed by atoms with E-state index in [1.165, 1.54) is 11.1 Å². The van der Waals surface area contributed by atoms with Gasteiger partial charge in [-0.25, -0.2) is 0 Å². The van der Waals surface area contributed by atoms with Crippen molar-refractivity contribution in [2.24, 2.45) is 0 Å². The van der Waals surface area contributed by atoms with Crippen molar-refractivity contribution >= 4 is 0 Å². The third-order valence-corrected chi connectivity index (χ3v) is 2.98. The van der Waals surface area contributed by atoms with Crippen molar-refractivity contribution in [3.63, 3.8) is 0 Å². The Balaban J connectivity index is 0.000000956. The van der Waals surface area contributed by atoms with Crippen LogP contribution in [0.3, 0.4) is 0 Å². The largest absolute Gasteiger partial charge is 0.0683 e. The summed E-state index contributed by atoms with van der Waals surface area (Å²) in [6.45, 7) is 10.5. The molecule has 0 heteroatoms. The standard InChI is InChI=1S/C18H18.C2H6/c1-14(2)18-12-10-17(11-13-18)9-8-16-6-4-15(3)5-7-16;1-2/h4-7,10-14H,1-3H3;1-2H3. The van der Waals surface area contributed by atoms with Crippen LogP contribution in [-0.4, -0.2) is 0 Å². The van der Waals surface area contributed by atoms with Gasteiger partial charge in [0.1, 0.15) is 0 Å². The molecule has 0 spiro atoms. The van der Waals surface area contributed by atoms with Crippen molar-refractivity contribution < 1.29 is 0 Å². The molecule has 0 bridgehead atoms. The number of hydrogen-bond acceptors (Lipinski definition) is 0. The minimum atomic E-state index is 0.573. The van der Waals surface area contributed by atoms with Gasteiger partial charge in [0.05, 0.1) is 0 Å². The maximum absolute atomic E-state index is 3.20. The normalized spacial score (nSPS) is 9.30. The maximum Gasteiger partial charge on any atom is 0.0249 e. The summed E-state index contributed by atoms with van der Waals surface area (Å²) >= 11 is 0. The van der Waals surface area contributed by atoms with Gasteiger partial charge in [0.2, 0.25) is 0 Å². The molecule has 0 aliphatic rings. The summed E-state index contributed by atoms with van der Waals surface area (Å²) in [5, 5.41) is 0. The Bertz CT molecular complexity index is 560. The van der Waals surface area contributed by atoms with Crippen LogP contribution in [0.15, 0.2) is 48.5 Å². The first kappa shape index (κ1) is 16.1. The van der Waals surface area contributed by atoms with Gasteiger partial charge in [0.25, 0.3) is 0 Å². The zero-order chi connectivity index (χ0) is 15.0. The van der Waals surface area contributed by atoms with Gasteiger partial charge < -0.3 is 0 Å². The molecule has 2 rings (SSSR count). The van der Waals surface area contributed by atoms with E-state index >= 15 is 0 Å². The van der Waals surface area contributed by atoms with Gasteiger partial charge in [0.15, 0.2) is 0 Å². The predicted octanol–water partition coefficient (Wildman–Crippen LogP) is 5.54. The van der Waals surface area contributed by atoms with Crippen molar-refractivity contribution in [1.82, 2.24) is 0 Å². The SMILES string of the molecule is CC.Cc1ccc(C#Cc2ccc(C(C)C)cc2)cc1. The zero-order valence-electron chi connectivity index (χ0n) is 13.2. The Morgan fingerprint density at radius 1 is 0.700 bits per heavy atom. The Kier molecular flexibility index (Phi) is 6.60. The van der Waals surface area contributed by atoms with Gasteiger partial charge in [-0.1, -0.05) is 69.4 Å². The van der Waals surface area contributed by atoms with E-state index in [0.717, 1.165) is 11.1 Å². The fraction of sp³-hybridized carbons (Fsp3) is 0.300. The molecule has 104 valence electrons. The molecule has 0 N–H and O–H groups in total. The lowest BCUT2D eigenvalue weighted by Crippen LogP contribution is -1.86. The van der Waals surface area contributed by atoms with Gasteiger partial charge in [-0.15, -0.1) is 0 Å². The Hall–Kier alpha value is -2.00. The lowest BCUT2D eigenvalue weighted by atomic mass is 10.0. The van der Waals surface area contributed by atoms with Crippen molar-refractivity contribution in [2.75, 3.05) is 0 Å². The molecule has 20 heavy (non-hydrogen) atoms. The fourth-order valence-corrected chi connectivity index (χ4v) is 1.73. The topological polar surface area (TPSA) is 0 Å². The summed E-state index contributed by atoms with van der Waals surface area (Å²) in [5.41, 5.74) is 4.76. The quantitative estimate of drug-likeness (QED) is 0.593. The van der Waals surface area contributed by atoms with E-state index < -0.39 is 0 Å². The van der Waals surface area contributed by atoms with Gasteiger partial charge in [-0.05, 0) is 42.7 Å². The van der Waals surface area contributed by atoms with Crippen LogP contribution < -0.4 is 0 Å². The molecule has 2 aromatic carbocycles. The van der Waals surface area contributed by atoms with E-state index in [1.54, 1.807) is 0 Å². The molecule has 0 aliphatic heterocycles. The van der Waals surface area contributed by atoms with Gasteiger partial charge in [0, 0.05) is 11.1 Å². The van der Waals surface area contributed by atoms with Gasteiger partial charge in [-0.2, -0.15) is 0 Å². The highest BCUT2D eigenvalue weighted by atomic mass is 14.0. The molecule has 0 atom stereocenters. The average Bonchev–Trinajstić information content (AvgIpc) is 2.49. The first-order valence-corrected chi connectivity index (χ1v) is 7.34. The Morgan fingerprint density at radius 3 is 1.50 bits per heavy atom. The molecule has 0 nitrogen and oxygen atoms in total. The third kappa shape index (κ3) is 4.94. The summed E-state index contributed by atoms with van der Waals surface area (Å²) in [5.74, 6) is 6.96. The number of aryl methyl sites for hydroxylation is 1.